The molecule has 0 heterocycles. The Labute approximate surface area is 116 Å². The summed E-state index contributed by atoms with van der Waals surface area (Å²) in [5, 5.41) is 0. The molecule has 0 amide bonds. The largest absolute Gasteiger partial charge is 0.378 e. The van der Waals surface area contributed by atoms with Crippen molar-refractivity contribution < 1.29 is 0 Å². The highest BCUT2D eigenvalue weighted by Gasteiger charge is 2.03. The van der Waals surface area contributed by atoms with E-state index in [0.717, 1.165) is 0 Å². The third kappa shape index (κ3) is 3.17. The molecule has 100 valence electrons. The average molecular weight is 253 g/mol. The number of nitrogens with zero attached hydrogens (tertiary/aromatic N) is 1. The second kappa shape index (κ2) is 5.92. The third-order valence-corrected chi connectivity index (χ3v) is 3.81. The van der Waals surface area contributed by atoms with Crippen LogP contribution in [0, 0.1) is 0 Å². The molecule has 1 atom stereocenters. The summed E-state index contributed by atoms with van der Waals surface area (Å²) in [6.45, 7) is 4.51. The molecule has 19 heavy (non-hydrogen) atoms. The standard InChI is InChI=1S/C18H23N/c1-5-14(2)15-6-8-16(9-7-15)17-10-12-18(13-11-17)19(3)4/h6-14H,5H2,1-4H3. The molecular weight excluding hydrogens is 230 g/mol. The quantitative estimate of drug-likeness (QED) is 0.746. The number of benzene rings is 2. The Morgan fingerprint density at radius 3 is 1.74 bits per heavy atom. The van der Waals surface area contributed by atoms with Crippen LogP contribution in [-0.2, 0) is 0 Å². The van der Waals surface area contributed by atoms with Gasteiger partial charge in [0.1, 0.15) is 0 Å². The summed E-state index contributed by atoms with van der Waals surface area (Å²) in [7, 11) is 4.13. The maximum absolute atomic E-state index is 2.28. The fourth-order valence-electron chi connectivity index (χ4n) is 2.19. The van der Waals surface area contributed by atoms with Crippen molar-refractivity contribution in [1.29, 1.82) is 0 Å². The topological polar surface area (TPSA) is 3.24 Å². The monoisotopic (exact) mass is 253 g/mol. The Bertz CT molecular complexity index is 508. The lowest BCUT2D eigenvalue weighted by molar-refractivity contribution is 0.734. The van der Waals surface area contributed by atoms with Crippen molar-refractivity contribution in [2.45, 2.75) is 26.2 Å². The van der Waals surface area contributed by atoms with Gasteiger partial charge in [-0.2, -0.15) is 0 Å². The van der Waals surface area contributed by atoms with E-state index >= 15 is 0 Å². The molecule has 0 aliphatic carbocycles. The molecule has 1 unspecified atom stereocenters. The van der Waals surface area contributed by atoms with Crippen LogP contribution in [0.25, 0.3) is 11.1 Å². The van der Waals surface area contributed by atoms with Crippen LogP contribution in [0.2, 0.25) is 0 Å². The van der Waals surface area contributed by atoms with Crippen LogP contribution >= 0.6 is 0 Å². The molecule has 0 aromatic heterocycles. The zero-order valence-corrected chi connectivity index (χ0v) is 12.4. The van der Waals surface area contributed by atoms with Gasteiger partial charge in [-0.1, -0.05) is 50.2 Å². The summed E-state index contributed by atoms with van der Waals surface area (Å²) in [5.41, 5.74) is 5.23. The van der Waals surface area contributed by atoms with Gasteiger partial charge in [-0.05, 0) is 41.2 Å². The van der Waals surface area contributed by atoms with Crippen LogP contribution in [0.15, 0.2) is 48.5 Å². The van der Waals surface area contributed by atoms with E-state index in [1.807, 2.05) is 0 Å². The lowest BCUT2D eigenvalue weighted by Gasteiger charge is -2.13. The second-order valence-corrected chi connectivity index (χ2v) is 5.37. The summed E-state index contributed by atoms with van der Waals surface area (Å²) < 4.78 is 0. The smallest absolute Gasteiger partial charge is 0.0361 e. The molecule has 2 aromatic rings. The average Bonchev–Trinajstić information content (AvgIpc) is 2.46. The highest BCUT2D eigenvalue weighted by atomic mass is 15.1. The molecule has 0 N–H and O–H groups in total. The van der Waals surface area contributed by atoms with Crippen molar-refractivity contribution >= 4 is 5.69 Å². The van der Waals surface area contributed by atoms with Crippen molar-refractivity contribution in [2.24, 2.45) is 0 Å². The molecule has 2 rings (SSSR count). The van der Waals surface area contributed by atoms with Gasteiger partial charge < -0.3 is 4.90 Å². The first-order valence-corrected chi connectivity index (χ1v) is 6.99. The Balaban J connectivity index is 2.22. The van der Waals surface area contributed by atoms with Gasteiger partial charge in [0.25, 0.3) is 0 Å². The van der Waals surface area contributed by atoms with Gasteiger partial charge in [-0.25, -0.2) is 0 Å². The predicted molar refractivity (Wildman–Crippen MR) is 84.9 cm³/mol. The maximum atomic E-state index is 2.28. The molecule has 0 fully saturated rings. The summed E-state index contributed by atoms with van der Waals surface area (Å²) >= 11 is 0. The summed E-state index contributed by atoms with van der Waals surface area (Å²) in [4.78, 5) is 2.12. The van der Waals surface area contributed by atoms with Crippen LogP contribution in [0.5, 0.6) is 0 Å². The van der Waals surface area contributed by atoms with Crippen LogP contribution < -0.4 is 4.90 Å². The molecule has 0 radical (unpaired) electrons. The second-order valence-electron chi connectivity index (χ2n) is 5.37. The first-order valence-electron chi connectivity index (χ1n) is 6.99. The maximum Gasteiger partial charge on any atom is 0.0361 e. The van der Waals surface area contributed by atoms with Crippen LogP contribution in [-0.4, -0.2) is 14.1 Å². The van der Waals surface area contributed by atoms with Gasteiger partial charge >= 0.3 is 0 Å². The molecule has 1 nitrogen and oxygen atoms in total. The van der Waals surface area contributed by atoms with Crippen molar-refractivity contribution in [3.8, 4) is 11.1 Å². The Kier molecular flexibility index (Phi) is 4.26. The zero-order chi connectivity index (χ0) is 13.8. The highest BCUT2D eigenvalue weighted by Crippen LogP contribution is 2.25. The van der Waals surface area contributed by atoms with E-state index in [1.165, 1.54) is 28.8 Å². The predicted octanol–water partition coefficient (Wildman–Crippen LogP) is 4.93. The minimum absolute atomic E-state index is 0.644. The zero-order valence-electron chi connectivity index (χ0n) is 12.4. The molecule has 2 aromatic carbocycles. The number of hydrogen-bond donors (Lipinski definition) is 0. The molecular formula is C18H23N. The normalized spacial score (nSPS) is 12.2. The summed E-state index contributed by atoms with van der Waals surface area (Å²) in [6.07, 6.45) is 1.19. The van der Waals surface area contributed by atoms with Gasteiger partial charge in [0, 0.05) is 19.8 Å². The molecule has 0 aliphatic rings. The SMILES string of the molecule is CCC(C)c1ccc(-c2ccc(N(C)C)cc2)cc1. The highest BCUT2D eigenvalue weighted by molar-refractivity contribution is 5.66. The first-order chi connectivity index (χ1) is 9.11. The van der Waals surface area contributed by atoms with Gasteiger partial charge in [0.15, 0.2) is 0 Å². The van der Waals surface area contributed by atoms with E-state index < -0.39 is 0 Å². The molecule has 0 saturated heterocycles. The van der Waals surface area contributed by atoms with E-state index in [1.54, 1.807) is 0 Å². The molecule has 0 bridgehead atoms. The van der Waals surface area contributed by atoms with Crippen LogP contribution in [0.3, 0.4) is 0 Å². The summed E-state index contributed by atoms with van der Waals surface area (Å²) in [6, 6.07) is 17.7. The lowest BCUT2D eigenvalue weighted by Crippen LogP contribution is -2.07. The Hall–Kier alpha value is -1.76. The van der Waals surface area contributed by atoms with E-state index in [0.29, 0.717) is 5.92 Å². The Morgan fingerprint density at radius 1 is 0.842 bits per heavy atom. The van der Waals surface area contributed by atoms with E-state index in [4.69, 9.17) is 0 Å². The van der Waals surface area contributed by atoms with Gasteiger partial charge in [0.05, 0.1) is 0 Å². The lowest BCUT2D eigenvalue weighted by atomic mass is 9.96. The third-order valence-electron chi connectivity index (χ3n) is 3.81. The minimum atomic E-state index is 0.644. The molecule has 0 saturated carbocycles. The fraction of sp³-hybridized carbons (Fsp3) is 0.333. The number of hydrogen-bond acceptors (Lipinski definition) is 1. The molecule has 1 heteroatoms. The van der Waals surface area contributed by atoms with Crippen LogP contribution in [0.4, 0.5) is 5.69 Å². The molecule has 0 aliphatic heterocycles. The van der Waals surface area contributed by atoms with Gasteiger partial charge in [0.2, 0.25) is 0 Å². The van der Waals surface area contributed by atoms with Crippen molar-refractivity contribution in [2.75, 3.05) is 19.0 Å². The van der Waals surface area contributed by atoms with Crippen molar-refractivity contribution in [3.63, 3.8) is 0 Å². The summed E-state index contributed by atoms with van der Waals surface area (Å²) in [5.74, 6) is 0.644. The number of anilines is 1. The van der Waals surface area contributed by atoms with E-state index in [-0.39, 0.29) is 0 Å². The van der Waals surface area contributed by atoms with Crippen molar-refractivity contribution in [3.05, 3.63) is 54.1 Å². The van der Waals surface area contributed by atoms with Crippen LogP contribution in [0.1, 0.15) is 31.7 Å². The van der Waals surface area contributed by atoms with E-state index in [2.05, 4.69) is 81.4 Å². The van der Waals surface area contributed by atoms with E-state index in [9.17, 15) is 0 Å². The fourth-order valence-corrected chi connectivity index (χ4v) is 2.19. The first kappa shape index (κ1) is 13.7. The van der Waals surface area contributed by atoms with Crippen molar-refractivity contribution in [1.82, 2.24) is 0 Å². The minimum Gasteiger partial charge on any atom is -0.378 e. The molecule has 0 spiro atoms. The van der Waals surface area contributed by atoms with Gasteiger partial charge in [-0.3, -0.25) is 0 Å². The van der Waals surface area contributed by atoms with Gasteiger partial charge in [-0.15, -0.1) is 0 Å². The number of rotatable bonds is 4. The Morgan fingerprint density at radius 2 is 1.32 bits per heavy atom.